The van der Waals surface area contributed by atoms with Crippen LogP contribution in [0.3, 0.4) is 0 Å². The fourth-order valence-electron chi connectivity index (χ4n) is 2.62. The number of benzene rings is 2. The van der Waals surface area contributed by atoms with Crippen LogP contribution in [0.2, 0.25) is 0 Å². The standard InChI is InChI=1S/C20H18O6/c1-23-12-16-15-5-3-4-6-17(15)26-18(16)20(22)25-11-13-7-9-14(10-8-13)19(21)24-2/h3-10H,11-12H2,1-2H3. The molecule has 0 unspecified atom stereocenters. The van der Waals surface area contributed by atoms with E-state index in [9.17, 15) is 9.59 Å². The van der Waals surface area contributed by atoms with Gasteiger partial charge in [0.25, 0.3) is 0 Å². The van der Waals surface area contributed by atoms with Gasteiger partial charge < -0.3 is 18.6 Å². The van der Waals surface area contributed by atoms with Gasteiger partial charge >= 0.3 is 11.9 Å². The van der Waals surface area contributed by atoms with Crippen LogP contribution >= 0.6 is 0 Å². The first-order valence-electron chi connectivity index (χ1n) is 7.97. The summed E-state index contributed by atoms with van der Waals surface area (Å²) in [4.78, 5) is 23.9. The Bertz CT molecular complexity index is 923. The van der Waals surface area contributed by atoms with Crippen molar-refractivity contribution >= 4 is 22.9 Å². The molecular weight excluding hydrogens is 336 g/mol. The van der Waals surface area contributed by atoms with Crippen LogP contribution in [0.4, 0.5) is 0 Å². The highest BCUT2D eigenvalue weighted by Gasteiger charge is 2.21. The summed E-state index contributed by atoms with van der Waals surface area (Å²) in [7, 11) is 2.88. The molecule has 0 atom stereocenters. The number of fused-ring (bicyclic) bond motifs is 1. The molecule has 0 saturated heterocycles. The molecule has 134 valence electrons. The van der Waals surface area contributed by atoms with E-state index in [4.69, 9.17) is 13.9 Å². The molecule has 3 rings (SSSR count). The Balaban J connectivity index is 1.75. The Morgan fingerprint density at radius 2 is 1.65 bits per heavy atom. The van der Waals surface area contributed by atoms with E-state index < -0.39 is 11.9 Å². The van der Waals surface area contributed by atoms with Gasteiger partial charge in [-0.25, -0.2) is 9.59 Å². The van der Waals surface area contributed by atoms with Crippen molar-refractivity contribution in [2.75, 3.05) is 14.2 Å². The lowest BCUT2D eigenvalue weighted by Gasteiger charge is -2.06. The molecule has 0 aliphatic heterocycles. The van der Waals surface area contributed by atoms with E-state index in [-0.39, 0.29) is 19.0 Å². The molecule has 3 aromatic rings. The Morgan fingerprint density at radius 1 is 0.923 bits per heavy atom. The Labute approximate surface area is 150 Å². The molecule has 0 bridgehead atoms. The summed E-state index contributed by atoms with van der Waals surface area (Å²) in [5, 5.41) is 0.823. The van der Waals surface area contributed by atoms with Gasteiger partial charge in [0.05, 0.1) is 19.3 Å². The van der Waals surface area contributed by atoms with E-state index in [0.717, 1.165) is 10.9 Å². The van der Waals surface area contributed by atoms with Crippen LogP contribution < -0.4 is 0 Å². The second-order valence-corrected chi connectivity index (χ2v) is 5.60. The topological polar surface area (TPSA) is 75.0 Å². The molecule has 1 heterocycles. The summed E-state index contributed by atoms with van der Waals surface area (Å²) in [5.74, 6) is -0.843. The number of rotatable bonds is 6. The van der Waals surface area contributed by atoms with E-state index in [2.05, 4.69) is 4.74 Å². The van der Waals surface area contributed by atoms with Crippen LogP contribution in [0.15, 0.2) is 52.9 Å². The summed E-state index contributed by atoms with van der Waals surface area (Å²) >= 11 is 0. The molecule has 26 heavy (non-hydrogen) atoms. The third-order valence-corrected chi connectivity index (χ3v) is 3.92. The number of esters is 2. The van der Waals surface area contributed by atoms with Crippen LogP contribution in [0.5, 0.6) is 0 Å². The Hall–Kier alpha value is -3.12. The molecule has 0 spiro atoms. The summed E-state index contributed by atoms with van der Waals surface area (Å²) in [6.45, 7) is 0.305. The Kier molecular flexibility index (Phi) is 5.34. The quantitative estimate of drug-likeness (QED) is 0.628. The smallest absolute Gasteiger partial charge is 0.374 e. The summed E-state index contributed by atoms with van der Waals surface area (Å²) in [5.41, 5.74) is 2.45. The summed E-state index contributed by atoms with van der Waals surface area (Å²) in [6, 6.07) is 14.0. The van der Waals surface area contributed by atoms with Gasteiger partial charge in [0.2, 0.25) is 5.76 Å². The van der Waals surface area contributed by atoms with Gasteiger partial charge in [-0.1, -0.05) is 30.3 Å². The van der Waals surface area contributed by atoms with Gasteiger partial charge in [-0.2, -0.15) is 0 Å². The number of ether oxygens (including phenoxy) is 3. The lowest BCUT2D eigenvalue weighted by molar-refractivity contribution is 0.0431. The predicted molar refractivity (Wildman–Crippen MR) is 93.8 cm³/mol. The van der Waals surface area contributed by atoms with Crippen LogP contribution in [0, 0.1) is 0 Å². The maximum atomic E-state index is 12.5. The predicted octanol–water partition coefficient (Wildman–Crippen LogP) is 3.72. The molecular formula is C20H18O6. The number of para-hydroxylation sites is 1. The minimum atomic E-state index is -0.565. The zero-order chi connectivity index (χ0) is 18.5. The number of hydrogen-bond acceptors (Lipinski definition) is 6. The number of methoxy groups -OCH3 is 2. The van der Waals surface area contributed by atoms with Crippen molar-refractivity contribution in [1.82, 2.24) is 0 Å². The summed E-state index contributed by atoms with van der Waals surface area (Å²) < 4.78 is 20.8. The molecule has 0 aliphatic carbocycles. The van der Waals surface area contributed by atoms with Crippen molar-refractivity contribution in [3.63, 3.8) is 0 Å². The molecule has 0 N–H and O–H groups in total. The number of hydrogen-bond donors (Lipinski definition) is 0. The van der Waals surface area contributed by atoms with E-state index in [1.807, 2.05) is 18.2 Å². The fraction of sp³-hybridized carbons (Fsp3) is 0.200. The van der Waals surface area contributed by atoms with Crippen LogP contribution in [0.1, 0.15) is 32.0 Å². The van der Waals surface area contributed by atoms with Gasteiger partial charge in [0, 0.05) is 18.1 Å². The molecule has 0 fully saturated rings. The van der Waals surface area contributed by atoms with Crippen molar-refractivity contribution in [2.45, 2.75) is 13.2 Å². The third-order valence-electron chi connectivity index (χ3n) is 3.92. The lowest BCUT2D eigenvalue weighted by Crippen LogP contribution is -2.07. The molecule has 1 aromatic heterocycles. The average molecular weight is 354 g/mol. The second kappa shape index (κ2) is 7.84. The first-order chi connectivity index (χ1) is 12.6. The minimum absolute atomic E-state index is 0.0593. The van der Waals surface area contributed by atoms with Crippen molar-refractivity contribution < 1.29 is 28.2 Å². The highest BCUT2D eigenvalue weighted by molar-refractivity contribution is 5.96. The molecule has 6 nitrogen and oxygen atoms in total. The largest absolute Gasteiger partial charge is 0.465 e. The van der Waals surface area contributed by atoms with Gasteiger partial charge in [-0.3, -0.25) is 0 Å². The van der Waals surface area contributed by atoms with Crippen LogP contribution in [-0.2, 0) is 27.4 Å². The third kappa shape index (κ3) is 3.60. The first-order valence-corrected chi connectivity index (χ1v) is 7.97. The highest BCUT2D eigenvalue weighted by Crippen LogP contribution is 2.27. The molecule has 2 aromatic carbocycles. The number of carbonyl (C=O) groups is 2. The first kappa shape index (κ1) is 17.7. The second-order valence-electron chi connectivity index (χ2n) is 5.60. The monoisotopic (exact) mass is 354 g/mol. The van der Waals surface area contributed by atoms with E-state index >= 15 is 0 Å². The minimum Gasteiger partial charge on any atom is -0.465 e. The van der Waals surface area contributed by atoms with Gasteiger partial charge in [-0.15, -0.1) is 0 Å². The summed E-state index contributed by atoms with van der Waals surface area (Å²) in [6.07, 6.45) is 0. The SMILES string of the molecule is COCc1c(C(=O)OCc2ccc(C(=O)OC)cc2)oc2ccccc12. The van der Waals surface area contributed by atoms with Crippen molar-refractivity contribution in [1.29, 1.82) is 0 Å². The molecule has 0 saturated carbocycles. The number of furan rings is 1. The van der Waals surface area contributed by atoms with Gasteiger partial charge in [0.15, 0.2) is 0 Å². The molecule has 0 amide bonds. The van der Waals surface area contributed by atoms with Crippen molar-refractivity contribution in [3.05, 3.63) is 71.0 Å². The maximum Gasteiger partial charge on any atom is 0.374 e. The average Bonchev–Trinajstić information content (AvgIpc) is 3.05. The van der Waals surface area contributed by atoms with Gasteiger partial charge in [0.1, 0.15) is 12.2 Å². The lowest BCUT2D eigenvalue weighted by atomic mass is 10.1. The molecule has 0 aliphatic rings. The van der Waals surface area contributed by atoms with E-state index in [1.54, 1.807) is 37.4 Å². The molecule has 6 heteroatoms. The normalized spacial score (nSPS) is 10.7. The van der Waals surface area contributed by atoms with E-state index in [1.165, 1.54) is 7.11 Å². The zero-order valence-electron chi connectivity index (χ0n) is 14.5. The highest BCUT2D eigenvalue weighted by atomic mass is 16.5. The van der Waals surface area contributed by atoms with Gasteiger partial charge in [-0.05, 0) is 23.8 Å². The van der Waals surface area contributed by atoms with Crippen molar-refractivity contribution in [3.8, 4) is 0 Å². The van der Waals surface area contributed by atoms with Crippen molar-refractivity contribution in [2.24, 2.45) is 0 Å². The van der Waals surface area contributed by atoms with Crippen LogP contribution in [-0.4, -0.2) is 26.2 Å². The van der Waals surface area contributed by atoms with E-state index in [0.29, 0.717) is 16.7 Å². The molecule has 0 radical (unpaired) electrons. The fourth-order valence-corrected chi connectivity index (χ4v) is 2.62. The van der Waals surface area contributed by atoms with Crippen LogP contribution in [0.25, 0.3) is 11.0 Å². The Morgan fingerprint density at radius 3 is 2.35 bits per heavy atom. The maximum absolute atomic E-state index is 12.5. The zero-order valence-corrected chi connectivity index (χ0v) is 14.5. The number of carbonyl (C=O) groups excluding carboxylic acids is 2.